The third-order valence-electron chi connectivity index (χ3n) is 5.89. The molecule has 5 nitrogen and oxygen atoms in total. The van der Waals surface area contributed by atoms with Crippen LogP contribution in [0.1, 0.15) is 23.1 Å². The first-order valence-corrected chi connectivity index (χ1v) is 11.0. The van der Waals surface area contributed by atoms with E-state index >= 15 is 0 Å². The van der Waals surface area contributed by atoms with E-state index < -0.39 is 17.7 Å². The maximum atomic E-state index is 14.0. The highest BCUT2D eigenvalue weighted by Crippen LogP contribution is 2.53. The van der Waals surface area contributed by atoms with Crippen LogP contribution in [-0.4, -0.2) is 21.7 Å². The third-order valence-corrected chi connectivity index (χ3v) is 7.11. The van der Waals surface area contributed by atoms with E-state index in [2.05, 4.69) is 6.07 Å². The van der Waals surface area contributed by atoms with Gasteiger partial charge >= 0.3 is 0 Å². The van der Waals surface area contributed by atoms with Crippen molar-refractivity contribution in [3.8, 4) is 6.07 Å². The molecule has 0 spiro atoms. The van der Waals surface area contributed by atoms with Crippen molar-refractivity contribution in [1.29, 1.82) is 5.26 Å². The van der Waals surface area contributed by atoms with Crippen LogP contribution in [0.3, 0.4) is 0 Å². The van der Waals surface area contributed by atoms with Gasteiger partial charge in [-0.1, -0.05) is 66.7 Å². The van der Waals surface area contributed by atoms with Crippen LogP contribution in [0.15, 0.2) is 102 Å². The van der Waals surface area contributed by atoms with E-state index in [0.717, 1.165) is 5.56 Å². The minimum absolute atomic E-state index is 0.226. The van der Waals surface area contributed by atoms with Crippen LogP contribution >= 0.6 is 11.8 Å². The van der Waals surface area contributed by atoms with Crippen molar-refractivity contribution in [2.75, 3.05) is 5.75 Å². The Labute approximate surface area is 184 Å². The fraction of sp³-hybridized carbons (Fsp3) is 0.160. The van der Waals surface area contributed by atoms with Gasteiger partial charge < -0.3 is 5.11 Å². The molecular formula is C25H20N3O2S+. The molecule has 1 saturated heterocycles. The number of aromatic nitrogens is 1. The molecule has 5 rings (SSSR count). The topological polar surface area (TPSA) is 68.2 Å². The van der Waals surface area contributed by atoms with Crippen LogP contribution in [0.4, 0.5) is 0 Å². The predicted octanol–water partition coefficient (Wildman–Crippen LogP) is 3.47. The van der Waals surface area contributed by atoms with Crippen molar-refractivity contribution in [3.63, 3.8) is 0 Å². The minimum atomic E-state index is -1.50. The minimum Gasteiger partial charge on any atom is -0.366 e. The molecule has 3 aromatic rings. The highest BCUT2D eigenvalue weighted by atomic mass is 32.2. The van der Waals surface area contributed by atoms with Crippen molar-refractivity contribution in [3.05, 3.63) is 113 Å². The summed E-state index contributed by atoms with van der Waals surface area (Å²) in [6.07, 6.45) is 3.67. The number of hydrogen-bond donors (Lipinski definition) is 1. The largest absolute Gasteiger partial charge is 0.366 e. The summed E-state index contributed by atoms with van der Waals surface area (Å²) in [4.78, 5) is 15.5. The van der Waals surface area contributed by atoms with Gasteiger partial charge in [-0.2, -0.15) is 9.83 Å². The molecule has 1 aromatic heterocycles. The van der Waals surface area contributed by atoms with Gasteiger partial charge in [0.25, 0.3) is 5.91 Å². The van der Waals surface area contributed by atoms with E-state index in [-0.39, 0.29) is 11.7 Å². The summed E-state index contributed by atoms with van der Waals surface area (Å²) in [7, 11) is 0. The van der Waals surface area contributed by atoms with Gasteiger partial charge in [0, 0.05) is 17.7 Å². The molecule has 2 aliphatic heterocycles. The Hall–Kier alpha value is -3.40. The lowest BCUT2D eigenvalue weighted by molar-refractivity contribution is -0.712. The SMILES string of the molecule is N#CC1=C2SCC(O)(c3ccccc3)N2C(=O)C([n+]2ccccc2)C1c1ccccc1. The van der Waals surface area contributed by atoms with Crippen LogP contribution < -0.4 is 4.57 Å². The van der Waals surface area contributed by atoms with Gasteiger partial charge in [-0.3, -0.25) is 9.69 Å². The first-order chi connectivity index (χ1) is 15.1. The van der Waals surface area contributed by atoms with E-state index in [4.69, 9.17) is 0 Å². The Morgan fingerprint density at radius 3 is 2.26 bits per heavy atom. The molecule has 3 heterocycles. The summed E-state index contributed by atoms with van der Waals surface area (Å²) in [5, 5.41) is 22.4. The van der Waals surface area contributed by atoms with Gasteiger partial charge in [-0.05, 0) is 5.56 Å². The standard InChI is InChI=1S/C25H20N3O2S/c26-16-20-21(18-10-4-1-5-11-18)22(27-14-8-3-9-15-27)23(29)28-24(20)31-17-25(28,30)19-12-6-2-7-13-19/h1-15,21-22,30H,17H2/q+1. The lowest BCUT2D eigenvalue weighted by atomic mass is 9.81. The van der Waals surface area contributed by atoms with Crippen molar-refractivity contribution in [1.82, 2.24) is 4.90 Å². The Kier molecular flexibility index (Phi) is 4.85. The molecule has 2 aromatic carbocycles. The lowest BCUT2D eigenvalue weighted by Gasteiger charge is -2.39. The summed E-state index contributed by atoms with van der Waals surface area (Å²) < 4.78 is 1.84. The highest BCUT2D eigenvalue weighted by Gasteiger charge is 2.58. The van der Waals surface area contributed by atoms with E-state index in [1.807, 2.05) is 95.8 Å². The van der Waals surface area contributed by atoms with Gasteiger partial charge in [-0.25, -0.2) is 0 Å². The van der Waals surface area contributed by atoms with Gasteiger partial charge in [0.05, 0.1) is 28.3 Å². The van der Waals surface area contributed by atoms with Crippen molar-refractivity contribution < 1.29 is 14.5 Å². The second-order valence-electron chi connectivity index (χ2n) is 7.63. The fourth-order valence-corrected chi connectivity index (χ4v) is 5.79. The van der Waals surface area contributed by atoms with Crippen molar-refractivity contribution in [2.24, 2.45) is 0 Å². The maximum Gasteiger partial charge on any atom is 0.300 e. The monoisotopic (exact) mass is 426 g/mol. The number of nitriles is 1. The molecule has 0 bridgehead atoms. The number of nitrogens with zero attached hydrogens (tertiary/aromatic N) is 3. The number of fused-ring (bicyclic) bond motifs is 1. The Morgan fingerprint density at radius 1 is 1.00 bits per heavy atom. The average molecular weight is 427 g/mol. The van der Waals surface area contributed by atoms with Crippen molar-refractivity contribution >= 4 is 17.7 Å². The first-order valence-electron chi connectivity index (χ1n) is 10.0. The fourth-order valence-electron chi connectivity index (χ4n) is 4.45. The lowest BCUT2D eigenvalue weighted by Crippen LogP contribution is -2.58. The molecule has 3 atom stereocenters. The first kappa shape index (κ1) is 19.6. The van der Waals surface area contributed by atoms with E-state index in [1.165, 1.54) is 16.7 Å². The number of pyridine rings is 1. The molecule has 0 aliphatic carbocycles. The number of carbonyl (C=O) groups is 1. The van der Waals surface area contributed by atoms with Gasteiger partial charge in [0.2, 0.25) is 6.04 Å². The number of rotatable bonds is 3. The number of carbonyl (C=O) groups excluding carboxylic acids is 1. The molecule has 2 aliphatic rings. The van der Waals surface area contributed by atoms with Crippen molar-refractivity contribution in [2.45, 2.75) is 17.7 Å². The molecule has 1 N–H and O–H groups in total. The number of hydrogen-bond acceptors (Lipinski definition) is 4. The summed E-state index contributed by atoms with van der Waals surface area (Å²) >= 11 is 1.36. The second-order valence-corrected chi connectivity index (χ2v) is 8.60. The Bertz CT molecular complexity index is 1190. The summed E-state index contributed by atoms with van der Waals surface area (Å²) in [6, 6.07) is 26.2. The molecule has 152 valence electrons. The van der Waals surface area contributed by atoms with Gasteiger partial charge in [0.15, 0.2) is 18.1 Å². The van der Waals surface area contributed by atoms with Crippen LogP contribution in [0.2, 0.25) is 0 Å². The molecular weight excluding hydrogens is 406 g/mol. The zero-order chi connectivity index (χ0) is 21.4. The third kappa shape index (κ3) is 3.05. The number of benzene rings is 2. The van der Waals surface area contributed by atoms with Crippen LogP contribution in [0.5, 0.6) is 0 Å². The zero-order valence-corrected chi connectivity index (χ0v) is 17.4. The molecule has 0 radical (unpaired) electrons. The average Bonchev–Trinajstić information content (AvgIpc) is 3.19. The van der Waals surface area contributed by atoms with Gasteiger partial charge in [0.1, 0.15) is 0 Å². The summed E-state index contributed by atoms with van der Waals surface area (Å²) in [5.74, 6) is -0.393. The highest BCUT2D eigenvalue weighted by molar-refractivity contribution is 8.03. The van der Waals surface area contributed by atoms with E-state index in [1.54, 1.807) is 0 Å². The summed E-state index contributed by atoms with van der Waals surface area (Å²) in [5.41, 5.74) is 0.536. The van der Waals surface area contributed by atoms with E-state index in [9.17, 15) is 15.2 Å². The van der Waals surface area contributed by atoms with Crippen LogP contribution in [0.25, 0.3) is 0 Å². The smallest absolute Gasteiger partial charge is 0.300 e. The second kappa shape index (κ2) is 7.69. The molecule has 1 fully saturated rings. The number of allylic oxidation sites excluding steroid dienone is 1. The predicted molar refractivity (Wildman–Crippen MR) is 117 cm³/mol. The number of thioether (sulfide) groups is 1. The van der Waals surface area contributed by atoms with Crippen LogP contribution in [0, 0.1) is 11.3 Å². The molecule has 1 amide bonds. The molecule has 6 heteroatoms. The summed E-state index contributed by atoms with van der Waals surface area (Å²) in [6.45, 7) is 0. The number of aliphatic hydroxyl groups is 1. The maximum absolute atomic E-state index is 14.0. The quantitative estimate of drug-likeness (QED) is 0.652. The normalized spacial score (nSPS) is 25.3. The van der Waals surface area contributed by atoms with Gasteiger partial charge in [-0.15, -0.1) is 11.8 Å². The zero-order valence-electron chi connectivity index (χ0n) is 16.6. The van der Waals surface area contributed by atoms with Crippen LogP contribution in [-0.2, 0) is 10.5 Å². The Balaban J connectivity index is 1.75. The molecule has 0 saturated carbocycles. The molecule has 31 heavy (non-hydrogen) atoms. The Morgan fingerprint density at radius 2 is 1.61 bits per heavy atom. The molecule has 3 unspecified atom stereocenters. The number of amides is 1. The van der Waals surface area contributed by atoms with E-state index in [0.29, 0.717) is 16.2 Å².